The van der Waals surface area contributed by atoms with Crippen molar-refractivity contribution in [3.63, 3.8) is 0 Å². The second kappa shape index (κ2) is 7.20. The highest BCUT2D eigenvalue weighted by atomic mass is 28.1. The summed E-state index contributed by atoms with van der Waals surface area (Å²) in [5.41, 5.74) is 1.80. The molecule has 2 aliphatic rings. The minimum atomic E-state index is -0.941. The Balaban J connectivity index is 1.64. The first-order chi connectivity index (χ1) is 14.6. The van der Waals surface area contributed by atoms with Crippen molar-refractivity contribution < 1.29 is 9.84 Å². The highest BCUT2D eigenvalue weighted by molar-refractivity contribution is 6.32. The number of aromatic nitrogens is 2. The lowest BCUT2D eigenvalue weighted by Gasteiger charge is -2.29. The number of benzene rings is 2. The predicted molar refractivity (Wildman–Crippen MR) is 119 cm³/mol. The van der Waals surface area contributed by atoms with E-state index < -0.39 is 11.9 Å². The molecule has 1 saturated heterocycles. The zero-order valence-corrected chi connectivity index (χ0v) is 18.7. The van der Waals surface area contributed by atoms with Crippen LogP contribution in [0.25, 0.3) is 0 Å². The van der Waals surface area contributed by atoms with E-state index in [4.69, 9.17) is 4.74 Å². The molecular weight excluding hydrogens is 396 g/mol. The molecule has 30 heavy (non-hydrogen) atoms. The van der Waals surface area contributed by atoms with Crippen molar-refractivity contribution in [2.24, 2.45) is 9.98 Å². The van der Waals surface area contributed by atoms with E-state index in [0.29, 0.717) is 18.2 Å². The number of aliphatic imine (C=N–C) groups is 2. The van der Waals surface area contributed by atoms with Crippen LogP contribution in [0.2, 0.25) is 0 Å². The van der Waals surface area contributed by atoms with Crippen molar-refractivity contribution in [1.29, 1.82) is 0 Å². The molecule has 1 aromatic heterocycles. The highest BCUT2D eigenvalue weighted by Gasteiger charge is 2.54. The number of methoxy groups -OCH3 is 1. The third kappa shape index (κ3) is 2.86. The van der Waals surface area contributed by atoms with Gasteiger partial charge in [0.25, 0.3) is 0 Å². The van der Waals surface area contributed by atoms with Crippen molar-refractivity contribution in [3.8, 4) is 5.75 Å². The van der Waals surface area contributed by atoms with E-state index in [0.717, 1.165) is 32.8 Å². The number of fused-ring (bicyclic) bond motifs is 3. The number of aliphatic hydroxyl groups excluding tert-OH is 1. The van der Waals surface area contributed by atoms with Crippen LogP contribution in [0, 0.1) is 0 Å². The van der Waals surface area contributed by atoms with E-state index in [9.17, 15) is 5.11 Å². The third-order valence-electron chi connectivity index (χ3n) is 5.60. The Morgan fingerprint density at radius 2 is 1.93 bits per heavy atom. The molecule has 2 atom stereocenters. The van der Waals surface area contributed by atoms with Crippen molar-refractivity contribution in [1.82, 2.24) is 20.2 Å². The van der Waals surface area contributed by atoms with Crippen LogP contribution in [0.4, 0.5) is 5.82 Å². The van der Waals surface area contributed by atoms with Crippen LogP contribution in [-0.2, 0) is 12.1 Å². The van der Waals surface area contributed by atoms with E-state index in [1.807, 2.05) is 29.2 Å². The fourth-order valence-corrected chi connectivity index (χ4v) is 4.40. The van der Waals surface area contributed by atoms with Crippen molar-refractivity contribution in [2.45, 2.75) is 18.4 Å². The normalized spacial score (nSPS) is 22.4. The number of imidazole rings is 1. The molecule has 3 heterocycles. The van der Waals surface area contributed by atoms with Gasteiger partial charge in [0.05, 0.1) is 19.1 Å². The van der Waals surface area contributed by atoms with Gasteiger partial charge in [0, 0.05) is 16.8 Å². The SMILES string of the molecule is COc1ccc(C23NC(O)N(Cc4ccc([SiH3])cc4)C2=NC=Nc2nc[nH]c23)cc1. The van der Waals surface area contributed by atoms with E-state index in [1.165, 1.54) is 11.5 Å². The summed E-state index contributed by atoms with van der Waals surface area (Å²) in [4.78, 5) is 18.5. The number of hydrogen-bond acceptors (Lipinski definition) is 7. The first-order valence-corrected chi connectivity index (χ1v) is 10.7. The fourth-order valence-electron chi connectivity index (χ4n) is 4.07. The maximum atomic E-state index is 11.1. The number of ether oxygens (including phenoxy) is 1. The molecule has 0 radical (unpaired) electrons. The molecule has 8 nitrogen and oxygen atoms in total. The van der Waals surface area contributed by atoms with Gasteiger partial charge in [-0.1, -0.05) is 41.6 Å². The van der Waals surface area contributed by atoms with E-state index >= 15 is 0 Å². The topological polar surface area (TPSA) is 98.1 Å². The first kappa shape index (κ1) is 18.7. The molecule has 2 unspecified atom stereocenters. The maximum Gasteiger partial charge on any atom is 0.186 e. The van der Waals surface area contributed by atoms with Gasteiger partial charge in [0.2, 0.25) is 0 Å². The predicted octanol–water partition coefficient (Wildman–Crippen LogP) is 0.106. The van der Waals surface area contributed by atoms with Crippen LogP contribution in [0.3, 0.4) is 0 Å². The number of H-pyrrole nitrogens is 1. The van der Waals surface area contributed by atoms with Gasteiger partial charge in [-0.15, -0.1) is 0 Å². The summed E-state index contributed by atoms with van der Waals surface area (Å²) >= 11 is 0. The molecule has 3 aromatic rings. The van der Waals surface area contributed by atoms with Gasteiger partial charge >= 0.3 is 0 Å². The molecule has 9 heteroatoms. The minimum absolute atomic E-state index is 0.504. The van der Waals surface area contributed by atoms with Crippen LogP contribution in [0.15, 0.2) is 64.8 Å². The largest absolute Gasteiger partial charge is 0.497 e. The Morgan fingerprint density at radius 1 is 1.17 bits per heavy atom. The average molecular weight is 419 g/mol. The van der Waals surface area contributed by atoms with E-state index in [-0.39, 0.29) is 0 Å². The molecule has 0 spiro atoms. The van der Waals surface area contributed by atoms with Crippen LogP contribution in [-0.4, -0.2) is 55.9 Å². The number of hydrogen-bond donors (Lipinski definition) is 3. The Hall–Kier alpha value is -3.27. The summed E-state index contributed by atoms with van der Waals surface area (Å²) in [6.07, 6.45) is 2.16. The Morgan fingerprint density at radius 3 is 2.67 bits per heavy atom. The van der Waals surface area contributed by atoms with Crippen LogP contribution < -0.4 is 15.2 Å². The summed E-state index contributed by atoms with van der Waals surface area (Å²) in [5, 5.41) is 15.7. The maximum absolute atomic E-state index is 11.1. The quantitative estimate of drug-likeness (QED) is 0.523. The number of aromatic amines is 1. The van der Waals surface area contributed by atoms with Gasteiger partial charge in [-0.2, -0.15) is 0 Å². The molecule has 152 valence electrons. The van der Waals surface area contributed by atoms with Crippen LogP contribution in [0.5, 0.6) is 5.75 Å². The second-order valence-electron chi connectivity index (χ2n) is 7.41. The van der Waals surface area contributed by atoms with Crippen LogP contribution in [0.1, 0.15) is 16.8 Å². The number of nitrogens with zero attached hydrogens (tertiary/aromatic N) is 4. The Labute approximate surface area is 176 Å². The monoisotopic (exact) mass is 418 g/mol. The van der Waals surface area contributed by atoms with Gasteiger partial charge in [0.1, 0.15) is 17.9 Å². The smallest absolute Gasteiger partial charge is 0.186 e. The third-order valence-corrected chi connectivity index (χ3v) is 6.27. The molecule has 1 fully saturated rings. The number of nitrogens with one attached hydrogen (secondary N) is 2. The summed E-state index contributed by atoms with van der Waals surface area (Å²) in [6.45, 7) is 0.504. The fraction of sp³-hybridized carbons (Fsp3) is 0.190. The lowest BCUT2D eigenvalue weighted by atomic mass is 9.85. The average Bonchev–Trinajstić information content (AvgIpc) is 3.30. The Kier molecular flexibility index (Phi) is 4.50. The van der Waals surface area contributed by atoms with Gasteiger partial charge in [-0.05, 0) is 23.3 Å². The van der Waals surface area contributed by atoms with Crippen molar-refractivity contribution in [3.05, 3.63) is 71.7 Å². The summed E-state index contributed by atoms with van der Waals surface area (Å²) in [7, 11) is 2.64. The molecule has 0 bridgehead atoms. The Bertz CT molecular complexity index is 1130. The van der Waals surface area contributed by atoms with Gasteiger partial charge < -0.3 is 19.7 Å². The summed E-state index contributed by atoms with van der Waals surface area (Å²) in [5.74, 6) is 1.94. The van der Waals surface area contributed by atoms with Crippen molar-refractivity contribution >= 4 is 33.4 Å². The summed E-state index contributed by atoms with van der Waals surface area (Å²) < 4.78 is 5.32. The summed E-state index contributed by atoms with van der Waals surface area (Å²) in [6, 6.07) is 16.1. The molecule has 2 aliphatic heterocycles. The second-order valence-corrected chi connectivity index (χ2v) is 8.56. The zero-order valence-electron chi connectivity index (χ0n) is 16.7. The standard InChI is InChI=1S/C21H22N6O2Si/c1-29-15-6-4-14(5-7-15)21-17-18(23-11-22-17)24-12-25-19(21)27(20(28)26-21)10-13-2-8-16(30)9-3-13/h2-9,11-12,20,26,28H,10H2,1,30H3,(H,22,23). The van der Waals surface area contributed by atoms with Gasteiger partial charge in [-0.25, -0.2) is 15.0 Å². The van der Waals surface area contributed by atoms with Crippen LogP contribution >= 0.6 is 0 Å². The highest BCUT2D eigenvalue weighted by Crippen LogP contribution is 2.42. The first-order valence-electron chi connectivity index (χ1n) is 9.69. The van der Waals surface area contributed by atoms with E-state index in [2.05, 4.69) is 49.5 Å². The van der Waals surface area contributed by atoms with Gasteiger partial charge in [-0.3, -0.25) is 5.32 Å². The lowest BCUT2D eigenvalue weighted by molar-refractivity contribution is 0.0365. The number of aliphatic hydroxyl groups is 1. The molecule has 0 amide bonds. The van der Waals surface area contributed by atoms with Gasteiger partial charge in [0.15, 0.2) is 17.7 Å². The zero-order chi connectivity index (χ0) is 20.7. The van der Waals surface area contributed by atoms with E-state index in [1.54, 1.807) is 13.4 Å². The molecule has 5 rings (SSSR count). The number of amidine groups is 1. The molecule has 3 N–H and O–H groups in total. The molecule has 0 aliphatic carbocycles. The molecular formula is C21H22N6O2Si. The molecule has 0 saturated carbocycles. The minimum Gasteiger partial charge on any atom is -0.497 e. The molecule has 2 aromatic carbocycles. The van der Waals surface area contributed by atoms with Crippen molar-refractivity contribution in [2.75, 3.05) is 7.11 Å². The lowest BCUT2D eigenvalue weighted by Crippen LogP contribution is -2.46. The number of rotatable bonds is 4.